The highest BCUT2D eigenvalue weighted by molar-refractivity contribution is 7.15. The summed E-state index contributed by atoms with van der Waals surface area (Å²) >= 11 is 1.30. The molecule has 0 saturated heterocycles. The van der Waals surface area contributed by atoms with E-state index in [2.05, 4.69) is 22.7 Å². The van der Waals surface area contributed by atoms with Gasteiger partial charge in [0.25, 0.3) is 5.56 Å². The number of hydrogen-bond acceptors (Lipinski definition) is 7. The number of rotatable bonds is 10. The van der Waals surface area contributed by atoms with Crippen molar-refractivity contribution in [3.8, 4) is 39.8 Å². The van der Waals surface area contributed by atoms with Crippen molar-refractivity contribution in [1.82, 2.24) is 24.4 Å². The first kappa shape index (κ1) is 28.9. The summed E-state index contributed by atoms with van der Waals surface area (Å²) in [6.07, 6.45) is 5.50. The van der Waals surface area contributed by atoms with Crippen LogP contribution in [0.15, 0.2) is 127 Å². The van der Waals surface area contributed by atoms with E-state index in [-0.39, 0.29) is 5.56 Å². The summed E-state index contributed by atoms with van der Waals surface area (Å²) in [6.45, 7) is 6.61. The van der Waals surface area contributed by atoms with E-state index in [1.807, 2.05) is 121 Å². The molecule has 3 aromatic heterocycles. The first-order chi connectivity index (χ1) is 22.6. The first-order valence-corrected chi connectivity index (χ1v) is 15.6. The number of benzene rings is 4. The molecule has 4 aromatic carbocycles. The van der Waals surface area contributed by atoms with Crippen molar-refractivity contribution in [3.63, 3.8) is 0 Å². The Morgan fingerprint density at radius 2 is 1.61 bits per heavy atom. The monoisotopic (exact) mass is 623 g/mol. The lowest BCUT2D eigenvalue weighted by molar-refractivity contribution is 0.304. The molecule has 0 aliphatic carbocycles. The van der Waals surface area contributed by atoms with Crippen LogP contribution >= 0.6 is 11.3 Å². The highest BCUT2D eigenvalue weighted by Gasteiger charge is 2.16. The summed E-state index contributed by atoms with van der Waals surface area (Å²) in [5.41, 5.74) is 6.04. The summed E-state index contributed by atoms with van der Waals surface area (Å²) in [5, 5.41) is 9.48. The van der Waals surface area contributed by atoms with Gasteiger partial charge in [-0.15, -0.1) is 5.10 Å². The maximum absolute atomic E-state index is 13.5. The van der Waals surface area contributed by atoms with Crippen LogP contribution in [0.3, 0.4) is 0 Å². The number of aryl methyl sites for hydroxylation is 1. The van der Waals surface area contributed by atoms with E-state index in [1.54, 1.807) is 6.08 Å². The van der Waals surface area contributed by atoms with Crippen LogP contribution < -0.4 is 19.6 Å². The zero-order valence-electron chi connectivity index (χ0n) is 25.0. The molecule has 0 fully saturated rings. The second-order valence-electron chi connectivity index (χ2n) is 10.6. The Morgan fingerprint density at radius 1 is 0.870 bits per heavy atom. The van der Waals surface area contributed by atoms with Gasteiger partial charge in [0, 0.05) is 22.9 Å². The van der Waals surface area contributed by atoms with Crippen LogP contribution in [0, 0.1) is 6.92 Å². The third-order valence-electron chi connectivity index (χ3n) is 7.40. The van der Waals surface area contributed by atoms with Gasteiger partial charge in [0.2, 0.25) is 4.96 Å². The van der Waals surface area contributed by atoms with Gasteiger partial charge in [0.15, 0.2) is 5.82 Å². The van der Waals surface area contributed by atoms with E-state index >= 15 is 0 Å². The minimum absolute atomic E-state index is 0.232. The highest BCUT2D eigenvalue weighted by Crippen LogP contribution is 2.30. The summed E-state index contributed by atoms with van der Waals surface area (Å²) in [7, 11) is 0. The second-order valence-corrected chi connectivity index (χ2v) is 11.6. The van der Waals surface area contributed by atoms with Crippen LogP contribution in [-0.4, -0.2) is 31.0 Å². The van der Waals surface area contributed by atoms with Gasteiger partial charge in [-0.05, 0) is 78.7 Å². The summed E-state index contributed by atoms with van der Waals surface area (Å²) in [5.74, 6) is 2.01. The van der Waals surface area contributed by atoms with E-state index < -0.39 is 0 Å². The Labute approximate surface area is 269 Å². The SMILES string of the molecule is C=CCOc1ccc(-c2nc3s/c(=C\c4cn(-c5ccccc5)nc4-c4ccc(OCc5ccccc5)c(C)c4)c(=O)n3n2)cc1. The first-order valence-electron chi connectivity index (χ1n) is 14.7. The molecule has 7 rings (SSSR count). The van der Waals surface area contributed by atoms with Crippen molar-refractivity contribution < 1.29 is 9.47 Å². The zero-order chi connectivity index (χ0) is 31.5. The standard InChI is InChI=1S/C37H29N5O3S/c1-3-20-44-31-17-14-27(15-18-31)35-38-37-42(40-35)36(43)33(46-37)22-29-23-41(30-12-8-5-9-13-30)39-34(29)28-16-19-32(25(2)21-28)45-24-26-10-6-4-7-11-26/h3-19,21-23H,1,20,24H2,2H3/b33-22-. The molecule has 46 heavy (non-hydrogen) atoms. The number of thiazole rings is 1. The van der Waals surface area contributed by atoms with Gasteiger partial charge in [0.05, 0.1) is 10.2 Å². The van der Waals surface area contributed by atoms with Crippen LogP contribution in [0.1, 0.15) is 16.7 Å². The molecule has 0 atom stereocenters. The number of hydrogen-bond donors (Lipinski definition) is 0. The van der Waals surface area contributed by atoms with Gasteiger partial charge in [0.1, 0.15) is 30.4 Å². The quantitative estimate of drug-likeness (QED) is 0.158. The molecule has 0 amide bonds. The van der Waals surface area contributed by atoms with Gasteiger partial charge in [-0.25, -0.2) is 4.68 Å². The van der Waals surface area contributed by atoms with Crippen molar-refractivity contribution in [2.45, 2.75) is 13.5 Å². The molecule has 0 saturated carbocycles. The maximum Gasteiger partial charge on any atom is 0.291 e. The fraction of sp³-hybridized carbons (Fsp3) is 0.0811. The second kappa shape index (κ2) is 12.7. The number of ether oxygens (including phenoxy) is 2. The number of fused-ring (bicyclic) bond motifs is 1. The van der Waals surface area contributed by atoms with Gasteiger partial charge >= 0.3 is 0 Å². The largest absolute Gasteiger partial charge is 0.490 e. The van der Waals surface area contributed by atoms with E-state index in [0.29, 0.717) is 28.5 Å². The minimum atomic E-state index is -0.232. The van der Waals surface area contributed by atoms with Crippen molar-refractivity contribution in [3.05, 3.63) is 154 Å². The van der Waals surface area contributed by atoms with Crippen LogP contribution in [0.4, 0.5) is 0 Å². The summed E-state index contributed by atoms with van der Waals surface area (Å²) in [4.78, 5) is 18.7. The van der Waals surface area contributed by atoms with Gasteiger partial charge in [-0.3, -0.25) is 4.79 Å². The van der Waals surface area contributed by atoms with Crippen LogP contribution in [0.25, 0.3) is 39.4 Å². The smallest absolute Gasteiger partial charge is 0.291 e. The molecule has 0 bridgehead atoms. The van der Waals surface area contributed by atoms with Crippen LogP contribution in [-0.2, 0) is 6.61 Å². The molecule has 7 aromatic rings. The minimum Gasteiger partial charge on any atom is -0.490 e. The maximum atomic E-state index is 13.5. The van der Waals surface area contributed by atoms with Crippen LogP contribution in [0.2, 0.25) is 0 Å². The molecule has 0 radical (unpaired) electrons. The Kier molecular flexibility index (Phi) is 7.97. The number of para-hydroxylation sites is 1. The molecule has 8 nitrogen and oxygen atoms in total. The van der Waals surface area contributed by atoms with E-state index in [0.717, 1.165) is 50.7 Å². The Morgan fingerprint density at radius 3 is 2.33 bits per heavy atom. The Hall–Kier alpha value is -5.80. The van der Waals surface area contributed by atoms with E-state index in [1.165, 1.54) is 15.9 Å². The molecule has 0 spiro atoms. The third-order valence-corrected chi connectivity index (χ3v) is 8.36. The molecule has 9 heteroatoms. The normalized spacial score (nSPS) is 11.6. The molecule has 0 unspecified atom stereocenters. The molecule has 3 heterocycles. The van der Waals surface area contributed by atoms with Crippen molar-refractivity contribution in [2.75, 3.05) is 6.61 Å². The third kappa shape index (κ3) is 5.96. The molecular weight excluding hydrogens is 595 g/mol. The van der Waals surface area contributed by atoms with Crippen molar-refractivity contribution in [1.29, 1.82) is 0 Å². The Balaban J connectivity index is 1.23. The van der Waals surface area contributed by atoms with Crippen LogP contribution in [0.5, 0.6) is 11.5 Å². The highest BCUT2D eigenvalue weighted by atomic mass is 32.1. The number of aromatic nitrogens is 5. The molecular formula is C37H29N5O3S. The van der Waals surface area contributed by atoms with Gasteiger partial charge in [-0.2, -0.15) is 14.6 Å². The lowest BCUT2D eigenvalue weighted by Gasteiger charge is -2.10. The topological polar surface area (TPSA) is 83.5 Å². The van der Waals surface area contributed by atoms with Crippen molar-refractivity contribution in [2.24, 2.45) is 0 Å². The van der Waals surface area contributed by atoms with Crippen molar-refractivity contribution >= 4 is 22.4 Å². The fourth-order valence-corrected chi connectivity index (χ4v) is 5.98. The van der Waals surface area contributed by atoms with Gasteiger partial charge < -0.3 is 9.47 Å². The molecule has 0 aliphatic heterocycles. The molecule has 0 N–H and O–H groups in total. The lowest BCUT2D eigenvalue weighted by atomic mass is 10.0. The fourth-order valence-electron chi connectivity index (χ4n) is 5.08. The van der Waals surface area contributed by atoms with Gasteiger partial charge in [-0.1, -0.05) is 72.5 Å². The lowest BCUT2D eigenvalue weighted by Crippen LogP contribution is -2.23. The molecule has 226 valence electrons. The summed E-state index contributed by atoms with van der Waals surface area (Å²) < 4.78 is 15.4. The Bertz CT molecular complexity index is 2260. The molecule has 0 aliphatic rings. The zero-order valence-corrected chi connectivity index (χ0v) is 25.9. The average Bonchev–Trinajstić information content (AvgIpc) is 3.79. The average molecular weight is 624 g/mol. The predicted molar refractivity (Wildman–Crippen MR) is 182 cm³/mol. The van der Waals surface area contributed by atoms with E-state index in [9.17, 15) is 4.79 Å². The predicted octanol–water partition coefficient (Wildman–Crippen LogP) is 6.67. The number of nitrogens with zero attached hydrogens (tertiary/aromatic N) is 5. The van der Waals surface area contributed by atoms with E-state index in [4.69, 9.17) is 14.6 Å². The summed E-state index contributed by atoms with van der Waals surface area (Å²) in [6, 6.07) is 33.5.